The maximum Gasteiger partial charge on any atom is 0.299 e. The van der Waals surface area contributed by atoms with Gasteiger partial charge in [0.25, 0.3) is 10.1 Å². The first-order valence-corrected chi connectivity index (χ1v) is 8.79. The van der Waals surface area contributed by atoms with E-state index in [1.165, 1.54) is 24.3 Å². The van der Waals surface area contributed by atoms with Gasteiger partial charge in [-0.05, 0) is 18.2 Å². The molecule has 6 N–H and O–H groups in total. The van der Waals surface area contributed by atoms with Gasteiger partial charge >= 0.3 is 0 Å². The number of ketones is 1. The fraction of sp³-hybridized carbons (Fsp3) is 0.118. The standard InChI is InChI=1S/C17H16N2O5S/c18-14-6-2-1-4-11(14)16(20)12-7-8-13-10(15(12)19)5-3-9-17(13,21)25(22,23)24/h1-8,21H,9,18-19H2,(H,22,23,24). The Morgan fingerprint density at radius 1 is 1.08 bits per heavy atom. The zero-order chi connectivity index (χ0) is 18.4. The Hall–Kier alpha value is -2.68. The van der Waals surface area contributed by atoms with Crippen LogP contribution in [-0.2, 0) is 15.1 Å². The van der Waals surface area contributed by atoms with E-state index in [1.807, 2.05) is 0 Å². The number of para-hydroxylation sites is 1. The number of nitrogen functional groups attached to an aromatic ring is 2. The Morgan fingerprint density at radius 2 is 1.76 bits per heavy atom. The molecule has 0 saturated carbocycles. The van der Waals surface area contributed by atoms with Gasteiger partial charge < -0.3 is 16.6 Å². The van der Waals surface area contributed by atoms with Gasteiger partial charge in [-0.2, -0.15) is 8.42 Å². The number of benzene rings is 2. The molecule has 25 heavy (non-hydrogen) atoms. The minimum Gasteiger partial charge on any atom is -0.398 e. The lowest BCUT2D eigenvalue weighted by atomic mass is 9.88. The molecule has 1 aliphatic carbocycles. The lowest BCUT2D eigenvalue weighted by molar-refractivity contribution is 0.103. The third-order valence-electron chi connectivity index (χ3n) is 4.26. The monoisotopic (exact) mass is 360 g/mol. The van der Waals surface area contributed by atoms with Gasteiger partial charge in [-0.25, -0.2) is 0 Å². The molecule has 8 heteroatoms. The molecule has 1 unspecified atom stereocenters. The molecule has 0 amide bonds. The number of nitrogens with two attached hydrogens (primary N) is 2. The Bertz CT molecular complexity index is 1010. The highest BCUT2D eigenvalue weighted by Crippen LogP contribution is 2.41. The van der Waals surface area contributed by atoms with E-state index >= 15 is 0 Å². The van der Waals surface area contributed by atoms with Gasteiger partial charge in [0, 0.05) is 34.4 Å². The van der Waals surface area contributed by atoms with Gasteiger partial charge in [0.2, 0.25) is 4.93 Å². The Kier molecular flexibility index (Phi) is 3.91. The number of anilines is 2. The van der Waals surface area contributed by atoms with Crippen LogP contribution >= 0.6 is 0 Å². The van der Waals surface area contributed by atoms with Gasteiger partial charge in [0.15, 0.2) is 5.78 Å². The fourth-order valence-electron chi connectivity index (χ4n) is 2.89. The van der Waals surface area contributed by atoms with E-state index < -0.39 is 20.8 Å². The normalized spacial score (nSPS) is 19.4. The van der Waals surface area contributed by atoms with Crippen LogP contribution in [0.1, 0.15) is 33.5 Å². The molecule has 0 aliphatic heterocycles. The van der Waals surface area contributed by atoms with Crippen LogP contribution in [0.3, 0.4) is 0 Å². The summed E-state index contributed by atoms with van der Waals surface area (Å²) < 4.78 is 32.6. The van der Waals surface area contributed by atoms with Gasteiger partial charge in [0.05, 0.1) is 5.69 Å². The van der Waals surface area contributed by atoms with Gasteiger partial charge in [-0.3, -0.25) is 9.35 Å². The highest BCUT2D eigenvalue weighted by molar-refractivity contribution is 7.86. The molecule has 1 aliphatic rings. The summed E-state index contributed by atoms with van der Waals surface area (Å²) in [5.74, 6) is -0.423. The van der Waals surface area contributed by atoms with Crippen molar-refractivity contribution in [3.8, 4) is 0 Å². The molecule has 7 nitrogen and oxygen atoms in total. The summed E-state index contributed by atoms with van der Waals surface area (Å²) in [5, 5.41) is 10.4. The number of hydrogen-bond donors (Lipinski definition) is 4. The van der Waals surface area contributed by atoms with E-state index in [1.54, 1.807) is 24.3 Å². The number of carbonyl (C=O) groups is 1. The third kappa shape index (κ3) is 2.60. The molecule has 1 atom stereocenters. The zero-order valence-electron chi connectivity index (χ0n) is 13.0. The van der Waals surface area contributed by atoms with Crippen LogP contribution < -0.4 is 11.5 Å². The minimum atomic E-state index is -4.80. The maximum atomic E-state index is 12.7. The van der Waals surface area contributed by atoms with Gasteiger partial charge in [-0.15, -0.1) is 0 Å². The molecule has 130 valence electrons. The van der Waals surface area contributed by atoms with E-state index in [2.05, 4.69) is 0 Å². The summed E-state index contributed by atoms with van der Waals surface area (Å²) in [6.45, 7) is 0. The maximum absolute atomic E-state index is 12.7. The lowest BCUT2D eigenvalue weighted by Gasteiger charge is -2.29. The largest absolute Gasteiger partial charge is 0.398 e. The fourth-order valence-corrected chi connectivity index (χ4v) is 3.66. The molecule has 0 bridgehead atoms. The van der Waals surface area contributed by atoms with Crippen molar-refractivity contribution >= 4 is 33.4 Å². The first kappa shape index (κ1) is 17.2. The minimum absolute atomic E-state index is 0.00350. The van der Waals surface area contributed by atoms with E-state index in [0.717, 1.165) is 0 Å². The van der Waals surface area contributed by atoms with Crippen LogP contribution in [0.5, 0.6) is 0 Å². The van der Waals surface area contributed by atoms with Crippen molar-refractivity contribution in [2.24, 2.45) is 0 Å². The molecule has 0 aromatic heterocycles. The predicted molar refractivity (Wildman–Crippen MR) is 94.2 cm³/mol. The number of rotatable bonds is 3. The lowest BCUT2D eigenvalue weighted by Crippen LogP contribution is -2.37. The van der Waals surface area contributed by atoms with Crippen molar-refractivity contribution in [3.05, 3.63) is 64.7 Å². The van der Waals surface area contributed by atoms with Crippen LogP contribution in [0.25, 0.3) is 6.08 Å². The van der Waals surface area contributed by atoms with Crippen molar-refractivity contribution in [1.82, 2.24) is 0 Å². The van der Waals surface area contributed by atoms with Crippen LogP contribution in [0.4, 0.5) is 11.4 Å². The molecular formula is C17H16N2O5S. The molecule has 0 saturated heterocycles. The number of fused-ring (bicyclic) bond motifs is 1. The molecule has 0 radical (unpaired) electrons. The van der Waals surface area contributed by atoms with Crippen LogP contribution in [0, 0.1) is 0 Å². The van der Waals surface area contributed by atoms with Crippen molar-refractivity contribution in [2.45, 2.75) is 11.4 Å². The van der Waals surface area contributed by atoms with E-state index in [9.17, 15) is 22.9 Å². The zero-order valence-corrected chi connectivity index (χ0v) is 13.8. The second kappa shape index (κ2) is 5.69. The SMILES string of the molecule is Nc1ccccc1C(=O)c1ccc2c(c1N)C=CCC2(O)S(=O)(=O)O. The van der Waals surface area contributed by atoms with E-state index in [-0.39, 0.29) is 40.0 Å². The van der Waals surface area contributed by atoms with E-state index in [0.29, 0.717) is 0 Å². The van der Waals surface area contributed by atoms with E-state index in [4.69, 9.17) is 11.5 Å². The summed E-state index contributed by atoms with van der Waals surface area (Å²) in [7, 11) is -4.80. The molecule has 0 spiro atoms. The highest BCUT2D eigenvalue weighted by Gasteiger charge is 2.45. The predicted octanol–water partition coefficient (Wildman–Crippen LogP) is 1.53. The van der Waals surface area contributed by atoms with Crippen molar-refractivity contribution < 1.29 is 22.9 Å². The smallest absolute Gasteiger partial charge is 0.299 e. The summed E-state index contributed by atoms with van der Waals surface area (Å²) in [6.07, 6.45) is 2.56. The number of hydrogen-bond acceptors (Lipinski definition) is 6. The summed E-state index contributed by atoms with van der Waals surface area (Å²) in [5.41, 5.74) is 12.7. The Morgan fingerprint density at radius 3 is 2.40 bits per heavy atom. The molecular weight excluding hydrogens is 344 g/mol. The first-order chi connectivity index (χ1) is 11.7. The van der Waals surface area contributed by atoms with Crippen molar-refractivity contribution in [2.75, 3.05) is 11.5 Å². The molecule has 0 fully saturated rings. The Labute approximate surface area is 144 Å². The van der Waals surface area contributed by atoms with Gasteiger partial charge in [-0.1, -0.05) is 30.4 Å². The van der Waals surface area contributed by atoms with Crippen molar-refractivity contribution in [1.29, 1.82) is 0 Å². The average Bonchev–Trinajstić information content (AvgIpc) is 2.55. The summed E-state index contributed by atoms with van der Waals surface area (Å²) >= 11 is 0. The summed E-state index contributed by atoms with van der Waals surface area (Å²) in [4.78, 5) is 10.2. The molecule has 2 aromatic carbocycles. The molecule has 2 aromatic rings. The quantitative estimate of drug-likeness (QED) is 0.369. The number of carbonyl (C=O) groups excluding carboxylic acids is 1. The van der Waals surface area contributed by atoms with Crippen LogP contribution in [0.15, 0.2) is 42.5 Å². The topological polar surface area (TPSA) is 144 Å². The molecule has 0 heterocycles. The highest BCUT2D eigenvalue weighted by atomic mass is 32.2. The molecule has 3 rings (SSSR count). The number of aliphatic hydroxyl groups is 1. The van der Waals surface area contributed by atoms with Crippen LogP contribution in [-0.4, -0.2) is 23.9 Å². The second-order valence-electron chi connectivity index (χ2n) is 5.77. The first-order valence-electron chi connectivity index (χ1n) is 7.35. The third-order valence-corrected chi connectivity index (χ3v) is 5.50. The van der Waals surface area contributed by atoms with Gasteiger partial charge in [0.1, 0.15) is 0 Å². The Balaban J connectivity index is 2.18. The van der Waals surface area contributed by atoms with Crippen molar-refractivity contribution in [3.63, 3.8) is 0 Å². The average molecular weight is 360 g/mol. The van der Waals surface area contributed by atoms with Crippen LogP contribution in [0.2, 0.25) is 0 Å². The summed E-state index contributed by atoms with van der Waals surface area (Å²) in [6, 6.07) is 9.08. The second-order valence-corrected chi connectivity index (χ2v) is 7.40.